The van der Waals surface area contributed by atoms with Crippen LogP contribution in [0.3, 0.4) is 0 Å². The first-order chi connectivity index (χ1) is 17.0. The Morgan fingerprint density at radius 3 is 2.17 bits per heavy atom. The molecule has 4 rings (SSSR count). The molecule has 0 bridgehead atoms. The fraction of sp³-hybridized carbons (Fsp3) is 0.174. The van der Waals surface area contributed by atoms with E-state index in [1.165, 1.54) is 59.3 Å². The number of aromatic nitrogens is 4. The number of benzene rings is 2. The number of imidazole rings is 1. The third kappa shape index (κ3) is 5.69. The fourth-order valence-corrected chi connectivity index (χ4v) is 4.86. The van der Waals surface area contributed by atoms with Crippen LogP contribution in [0.2, 0.25) is 0 Å². The molecule has 13 heteroatoms. The zero-order chi connectivity index (χ0) is 26.0. The molecule has 2 aromatic heterocycles. The van der Waals surface area contributed by atoms with Crippen LogP contribution >= 0.6 is 15.9 Å². The summed E-state index contributed by atoms with van der Waals surface area (Å²) in [6, 6.07) is 10.8. The number of nitrogens with one attached hydrogen (secondary N) is 1. The molecule has 2 heterocycles. The Bertz CT molecular complexity index is 1490. The highest BCUT2D eigenvalue weighted by Crippen LogP contribution is 2.34. The molecule has 0 aliphatic carbocycles. The molecule has 0 unspecified atom stereocenters. The number of hydrogen-bond donors (Lipinski definition) is 2. The van der Waals surface area contributed by atoms with Crippen molar-refractivity contribution in [1.82, 2.24) is 19.7 Å². The molecule has 4 aromatic rings. The van der Waals surface area contributed by atoms with Gasteiger partial charge in [0, 0.05) is 5.92 Å². The first kappa shape index (κ1) is 25.7. The van der Waals surface area contributed by atoms with Crippen molar-refractivity contribution in [3.63, 3.8) is 0 Å². The molecule has 0 radical (unpaired) electrons. The molecule has 0 aliphatic heterocycles. The molecule has 2 N–H and O–H groups in total. The highest BCUT2D eigenvalue weighted by molar-refractivity contribution is 9.10. The molecule has 1 atom stereocenters. The Kier molecular flexibility index (Phi) is 7.33. The monoisotopic (exact) mass is 580 g/mol. The van der Waals surface area contributed by atoms with Crippen LogP contribution in [-0.4, -0.2) is 45.6 Å². The van der Waals surface area contributed by atoms with Gasteiger partial charge in [-0.2, -0.15) is 13.5 Å². The van der Waals surface area contributed by atoms with E-state index < -0.39 is 45.0 Å². The molecule has 0 aliphatic rings. The first-order valence-corrected chi connectivity index (χ1v) is 13.0. The van der Waals surface area contributed by atoms with Crippen molar-refractivity contribution in [2.24, 2.45) is 0 Å². The minimum atomic E-state index is -4.03. The fourth-order valence-electron chi connectivity index (χ4n) is 3.82. The lowest BCUT2D eigenvalue weighted by molar-refractivity contribution is 0.171. The second-order valence-corrected chi connectivity index (χ2v) is 10.3. The maximum absolute atomic E-state index is 13.7. The molecule has 188 valence electrons. The highest BCUT2D eigenvalue weighted by Gasteiger charge is 2.31. The standard InChI is InChI=1S/C23H19BrF2N4O5S/c1-36(33,34)35-18(12-30-19(24)11-27-23(30)21-22(32)17(31)10-28-29-21)20(13-2-6-15(25)7-3-13)14-4-8-16(26)9-5-14/h2-11,18,20H,12H2,1H3,(H,28,32)(H,29,31)/t18-/m0/s1. The Balaban J connectivity index is 1.87. The number of aromatic amines is 1. The van der Waals surface area contributed by atoms with Gasteiger partial charge >= 0.3 is 0 Å². The summed E-state index contributed by atoms with van der Waals surface area (Å²) in [6.07, 6.45) is 2.13. The van der Waals surface area contributed by atoms with Crippen LogP contribution in [0, 0.1) is 11.6 Å². The van der Waals surface area contributed by atoms with E-state index in [-0.39, 0.29) is 18.1 Å². The third-order valence-corrected chi connectivity index (χ3v) is 6.56. The van der Waals surface area contributed by atoms with E-state index in [0.717, 1.165) is 12.5 Å². The van der Waals surface area contributed by atoms with Gasteiger partial charge in [-0.15, -0.1) is 0 Å². The molecule has 0 amide bonds. The van der Waals surface area contributed by atoms with E-state index in [2.05, 4.69) is 31.1 Å². The largest absolute Gasteiger partial charge is 0.503 e. The summed E-state index contributed by atoms with van der Waals surface area (Å²) in [5, 5.41) is 16.1. The van der Waals surface area contributed by atoms with Gasteiger partial charge in [-0.1, -0.05) is 24.3 Å². The molecule has 9 nitrogen and oxygen atoms in total. The van der Waals surface area contributed by atoms with Crippen LogP contribution in [0.15, 0.2) is 70.3 Å². The van der Waals surface area contributed by atoms with Crippen molar-refractivity contribution in [3.05, 3.63) is 98.5 Å². The number of hydrogen-bond acceptors (Lipinski definition) is 7. The highest BCUT2D eigenvalue weighted by atomic mass is 79.9. The van der Waals surface area contributed by atoms with Gasteiger partial charge in [0.15, 0.2) is 17.3 Å². The number of rotatable bonds is 8. The van der Waals surface area contributed by atoms with Crippen LogP contribution in [0.4, 0.5) is 8.78 Å². The summed E-state index contributed by atoms with van der Waals surface area (Å²) < 4.78 is 59.3. The summed E-state index contributed by atoms with van der Waals surface area (Å²) in [5.41, 5.74) is 0.00627. The number of nitrogens with zero attached hydrogens (tertiary/aromatic N) is 3. The topological polar surface area (TPSA) is 127 Å². The maximum atomic E-state index is 13.7. The van der Waals surface area contributed by atoms with Gasteiger partial charge in [0.25, 0.3) is 15.5 Å². The Hall–Kier alpha value is -3.42. The zero-order valence-corrected chi connectivity index (χ0v) is 21.0. The minimum Gasteiger partial charge on any atom is -0.503 e. The summed E-state index contributed by atoms with van der Waals surface area (Å²) in [6.45, 7) is -0.181. The van der Waals surface area contributed by atoms with Gasteiger partial charge in [0.1, 0.15) is 22.3 Å². The van der Waals surface area contributed by atoms with Gasteiger partial charge in [-0.05, 0) is 51.3 Å². The molecule has 0 saturated heterocycles. The summed E-state index contributed by atoms with van der Waals surface area (Å²) in [7, 11) is -4.03. The average Bonchev–Trinajstić information content (AvgIpc) is 3.17. The van der Waals surface area contributed by atoms with Gasteiger partial charge < -0.3 is 9.67 Å². The van der Waals surface area contributed by atoms with Gasteiger partial charge in [0.05, 0.1) is 25.2 Å². The van der Waals surface area contributed by atoms with Crippen molar-refractivity contribution in [2.45, 2.75) is 18.6 Å². The number of aromatic hydroxyl groups is 1. The van der Waals surface area contributed by atoms with Crippen LogP contribution in [0.1, 0.15) is 17.0 Å². The van der Waals surface area contributed by atoms with Crippen molar-refractivity contribution < 1.29 is 26.5 Å². The predicted molar refractivity (Wildman–Crippen MR) is 130 cm³/mol. The summed E-state index contributed by atoms with van der Waals surface area (Å²) >= 11 is 3.34. The third-order valence-electron chi connectivity index (χ3n) is 5.33. The van der Waals surface area contributed by atoms with Gasteiger partial charge in [0.2, 0.25) is 0 Å². The van der Waals surface area contributed by atoms with E-state index in [0.29, 0.717) is 15.7 Å². The van der Waals surface area contributed by atoms with Crippen molar-refractivity contribution in [3.8, 4) is 17.3 Å². The lowest BCUT2D eigenvalue weighted by atomic mass is 9.86. The smallest absolute Gasteiger partial charge is 0.264 e. The van der Waals surface area contributed by atoms with Crippen LogP contribution in [0.25, 0.3) is 11.5 Å². The normalized spacial score (nSPS) is 12.7. The molecule has 36 heavy (non-hydrogen) atoms. The maximum Gasteiger partial charge on any atom is 0.264 e. The van der Waals surface area contributed by atoms with E-state index in [4.69, 9.17) is 4.18 Å². The van der Waals surface area contributed by atoms with Crippen molar-refractivity contribution >= 4 is 26.0 Å². The Morgan fingerprint density at radius 1 is 1.08 bits per heavy atom. The van der Waals surface area contributed by atoms with E-state index >= 15 is 0 Å². The molecule has 0 spiro atoms. The van der Waals surface area contributed by atoms with Crippen LogP contribution in [0.5, 0.6) is 5.75 Å². The SMILES string of the molecule is CS(=O)(=O)O[C@@H](Cn1c(Br)cnc1-c1n[nH]cc(O)c1=O)C(c1ccc(F)cc1)c1ccc(F)cc1. The van der Waals surface area contributed by atoms with Crippen LogP contribution in [-0.2, 0) is 20.8 Å². The van der Waals surface area contributed by atoms with Crippen molar-refractivity contribution in [1.29, 1.82) is 0 Å². The lowest BCUT2D eigenvalue weighted by Gasteiger charge is -2.28. The Morgan fingerprint density at radius 2 is 1.64 bits per heavy atom. The quantitative estimate of drug-likeness (QED) is 0.305. The number of H-pyrrole nitrogens is 1. The average molecular weight is 581 g/mol. The minimum absolute atomic E-state index is 0.0260. The summed E-state index contributed by atoms with van der Waals surface area (Å²) in [5.74, 6) is -2.35. The molecule has 0 fully saturated rings. The molecular formula is C23H19BrF2N4O5S. The van der Waals surface area contributed by atoms with E-state index in [1.807, 2.05) is 0 Å². The Labute approximate surface area is 212 Å². The molecular weight excluding hydrogens is 562 g/mol. The van der Waals surface area contributed by atoms with Gasteiger partial charge in [-0.25, -0.2) is 13.8 Å². The van der Waals surface area contributed by atoms with Crippen LogP contribution < -0.4 is 5.43 Å². The first-order valence-electron chi connectivity index (χ1n) is 10.4. The molecule has 2 aromatic carbocycles. The second kappa shape index (κ2) is 10.3. The van der Waals surface area contributed by atoms with E-state index in [1.54, 1.807) is 0 Å². The lowest BCUT2D eigenvalue weighted by Crippen LogP contribution is -2.31. The number of halogens is 3. The van der Waals surface area contributed by atoms with Gasteiger partial charge in [-0.3, -0.25) is 14.1 Å². The zero-order valence-electron chi connectivity index (χ0n) is 18.6. The molecule has 0 saturated carbocycles. The predicted octanol–water partition coefficient (Wildman–Crippen LogP) is 3.56. The summed E-state index contributed by atoms with van der Waals surface area (Å²) in [4.78, 5) is 16.7. The van der Waals surface area contributed by atoms with Crippen molar-refractivity contribution in [2.75, 3.05) is 6.26 Å². The van der Waals surface area contributed by atoms with E-state index in [9.17, 15) is 27.1 Å². The second-order valence-electron chi connectivity index (χ2n) is 7.88.